The van der Waals surface area contributed by atoms with Gasteiger partial charge in [-0.3, -0.25) is 0 Å². The number of nitrogens with two attached hydrogens (primary N) is 1. The van der Waals surface area contributed by atoms with E-state index in [1.54, 1.807) is 6.20 Å². The molecule has 0 aromatic carbocycles. The van der Waals surface area contributed by atoms with Crippen molar-refractivity contribution in [3.05, 3.63) is 40.3 Å². The normalized spacial score (nSPS) is 11.7. The molecule has 6 nitrogen and oxygen atoms in total. The molecule has 0 aliphatic rings. The Hall–Kier alpha value is -2.15. The lowest BCUT2D eigenvalue weighted by molar-refractivity contribution is 0.318. The summed E-state index contributed by atoms with van der Waals surface area (Å²) in [7, 11) is 0. The van der Waals surface area contributed by atoms with Gasteiger partial charge in [-0.25, -0.2) is 15.0 Å². The van der Waals surface area contributed by atoms with Crippen LogP contribution in [0.1, 0.15) is 28.1 Å². The maximum absolute atomic E-state index is 8.92. The van der Waals surface area contributed by atoms with Crippen LogP contribution in [0.25, 0.3) is 0 Å². The van der Waals surface area contributed by atoms with Gasteiger partial charge in [-0.1, -0.05) is 5.16 Å². The summed E-state index contributed by atoms with van der Waals surface area (Å²) < 4.78 is 0. The Morgan fingerprint density at radius 3 is 2.38 bits per heavy atom. The Bertz CT molecular complexity index is 692. The van der Waals surface area contributed by atoms with Gasteiger partial charge in [0.05, 0.1) is 5.56 Å². The van der Waals surface area contributed by atoms with Crippen molar-refractivity contribution in [2.45, 2.75) is 37.9 Å². The molecule has 0 radical (unpaired) electrons. The zero-order chi connectivity index (χ0) is 15.6. The van der Waals surface area contributed by atoms with Crippen LogP contribution < -0.4 is 5.73 Å². The lowest BCUT2D eigenvalue weighted by Crippen LogP contribution is -2.16. The third-order valence-electron chi connectivity index (χ3n) is 3.29. The lowest BCUT2D eigenvalue weighted by atomic mass is 10.1. The highest BCUT2D eigenvalue weighted by atomic mass is 32.2. The van der Waals surface area contributed by atoms with E-state index in [1.807, 2.05) is 33.8 Å². The molecule has 0 saturated heterocycles. The molecule has 0 amide bonds. The summed E-state index contributed by atoms with van der Waals surface area (Å²) >= 11 is 1.30. The van der Waals surface area contributed by atoms with Crippen molar-refractivity contribution in [2.24, 2.45) is 10.9 Å². The number of aryl methyl sites for hydroxylation is 3. The largest absolute Gasteiger partial charge is 0.409 e. The van der Waals surface area contributed by atoms with Crippen molar-refractivity contribution in [2.75, 3.05) is 0 Å². The Kier molecular flexibility index (Phi) is 4.42. The van der Waals surface area contributed by atoms with E-state index in [1.165, 1.54) is 11.8 Å². The van der Waals surface area contributed by atoms with Crippen LogP contribution in [0.5, 0.6) is 0 Å². The highest BCUT2D eigenvalue weighted by Crippen LogP contribution is 2.28. The minimum atomic E-state index is 0.0312. The van der Waals surface area contributed by atoms with Crippen LogP contribution in [0, 0.1) is 27.7 Å². The SMILES string of the molecule is Cc1ccnc(Sc2nc(C)c(C)c(C)n2)c1/C(N)=N/O. The topological polar surface area (TPSA) is 97.3 Å². The van der Waals surface area contributed by atoms with E-state index < -0.39 is 0 Å². The minimum Gasteiger partial charge on any atom is -0.409 e. The second kappa shape index (κ2) is 6.09. The Labute approximate surface area is 127 Å². The summed E-state index contributed by atoms with van der Waals surface area (Å²) in [5.41, 5.74) is 10.2. The molecule has 2 aromatic heterocycles. The number of hydrogen-bond acceptors (Lipinski definition) is 6. The highest BCUT2D eigenvalue weighted by molar-refractivity contribution is 7.99. The van der Waals surface area contributed by atoms with Gasteiger partial charge in [-0.05, 0) is 56.7 Å². The smallest absolute Gasteiger partial charge is 0.194 e. The molecule has 7 heteroatoms. The summed E-state index contributed by atoms with van der Waals surface area (Å²) in [6.45, 7) is 7.77. The first-order chi connectivity index (χ1) is 9.93. The predicted molar refractivity (Wildman–Crippen MR) is 81.9 cm³/mol. The summed E-state index contributed by atoms with van der Waals surface area (Å²) in [5.74, 6) is 0.0312. The average Bonchev–Trinajstić information content (AvgIpc) is 2.44. The maximum atomic E-state index is 8.92. The third kappa shape index (κ3) is 3.13. The van der Waals surface area contributed by atoms with E-state index in [-0.39, 0.29) is 5.84 Å². The first kappa shape index (κ1) is 15.2. The van der Waals surface area contributed by atoms with E-state index in [0.29, 0.717) is 15.7 Å². The fraction of sp³-hybridized carbons (Fsp3) is 0.286. The van der Waals surface area contributed by atoms with Crippen LogP contribution in [0.4, 0.5) is 0 Å². The van der Waals surface area contributed by atoms with Crippen LogP contribution in [-0.4, -0.2) is 26.0 Å². The van der Waals surface area contributed by atoms with Crippen molar-refractivity contribution < 1.29 is 5.21 Å². The molecule has 0 bridgehead atoms. The summed E-state index contributed by atoms with van der Waals surface area (Å²) in [6.07, 6.45) is 1.68. The van der Waals surface area contributed by atoms with E-state index in [9.17, 15) is 0 Å². The standard InChI is InChI=1S/C14H17N5OS/c1-7-5-6-16-13(11(7)12(15)19-20)21-14-17-9(3)8(2)10(4)18-14/h5-6,20H,1-4H3,(H2,15,19). The van der Waals surface area contributed by atoms with Gasteiger partial charge >= 0.3 is 0 Å². The second-order valence-electron chi connectivity index (χ2n) is 4.70. The van der Waals surface area contributed by atoms with Crippen LogP contribution in [-0.2, 0) is 0 Å². The Balaban J connectivity index is 2.48. The van der Waals surface area contributed by atoms with Crippen LogP contribution >= 0.6 is 11.8 Å². The van der Waals surface area contributed by atoms with Gasteiger partial charge in [0.15, 0.2) is 11.0 Å². The van der Waals surface area contributed by atoms with Crippen molar-refractivity contribution in [3.63, 3.8) is 0 Å². The molecule has 0 saturated carbocycles. The fourth-order valence-corrected chi connectivity index (χ4v) is 2.87. The van der Waals surface area contributed by atoms with Gasteiger partial charge in [0.25, 0.3) is 0 Å². The molecule has 0 fully saturated rings. The molecule has 0 spiro atoms. The molecule has 2 rings (SSSR count). The van der Waals surface area contributed by atoms with Gasteiger partial charge < -0.3 is 10.9 Å². The van der Waals surface area contributed by atoms with Crippen LogP contribution in [0.3, 0.4) is 0 Å². The first-order valence-corrected chi connectivity index (χ1v) is 7.19. The van der Waals surface area contributed by atoms with Gasteiger partial charge in [-0.2, -0.15) is 0 Å². The molecular weight excluding hydrogens is 286 g/mol. The third-order valence-corrected chi connectivity index (χ3v) is 4.16. The quantitative estimate of drug-likeness (QED) is 0.297. The molecule has 21 heavy (non-hydrogen) atoms. The zero-order valence-corrected chi connectivity index (χ0v) is 13.2. The van der Waals surface area contributed by atoms with Gasteiger partial charge in [-0.15, -0.1) is 0 Å². The van der Waals surface area contributed by atoms with Gasteiger partial charge in [0, 0.05) is 17.6 Å². The number of rotatable bonds is 3. The monoisotopic (exact) mass is 303 g/mol. The number of aromatic nitrogens is 3. The summed E-state index contributed by atoms with van der Waals surface area (Å²) in [4.78, 5) is 13.2. The first-order valence-electron chi connectivity index (χ1n) is 6.37. The highest BCUT2D eigenvalue weighted by Gasteiger charge is 2.15. The fourth-order valence-electron chi connectivity index (χ4n) is 1.85. The minimum absolute atomic E-state index is 0.0312. The van der Waals surface area contributed by atoms with Crippen LogP contribution in [0.2, 0.25) is 0 Å². The van der Waals surface area contributed by atoms with Gasteiger partial charge in [0.1, 0.15) is 5.03 Å². The summed E-state index contributed by atoms with van der Waals surface area (Å²) in [5, 5.41) is 13.2. The molecule has 110 valence electrons. The Morgan fingerprint density at radius 1 is 1.19 bits per heavy atom. The van der Waals surface area contributed by atoms with E-state index >= 15 is 0 Å². The summed E-state index contributed by atoms with van der Waals surface area (Å²) in [6, 6.07) is 1.81. The number of pyridine rings is 1. The molecule has 3 N–H and O–H groups in total. The molecule has 0 aliphatic carbocycles. The predicted octanol–water partition coefficient (Wildman–Crippen LogP) is 2.35. The molecule has 2 aromatic rings. The average molecular weight is 303 g/mol. The van der Waals surface area contributed by atoms with E-state index in [0.717, 1.165) is 22.5 Å². The number of hydrogen-bond donors (Lipinski definition) is 2. The Morgan fingerprint density at radius 2 is 1.81 bits per heavy atom. The number of amidine groups is 1. The van der Waals surface area contributed by atoms with Crippen molar-refractivity contribution >= 4 is 17.6 Å². The van der Waals surface area contributed by atoms with Gasteiger partial charge in [0.2, 0.25) is 0 Å². The van der Waals surface area contributed by atoms with E-state index in [2.05, 4.69) is 20.1 Å². The number of oxime groups is 1. The van der Waals surface area contributed by atoms with Crippen LogP contribution in [0.15, 0.2) is 27.6 Å². The lowest BCUT2D eigenvalue weighted by Gasteiger charge is -2.10. The number of nitrogens with zero attached hydrogens (tertiary/aromatic N) is 4. The molecule has 0 atom stereocenters. The van der Waals surface area contributed by atoms with Crippen molar-refractivity contribution in [3.8, 4) is 0 Å². The second-order valence-corrected chi connectivity index (χ2v) is 5.65. The maximum Gasteiger partial charge on any atom is 0.194 e. The molecule has 2 heterocycles. The molecule has 0 aliphatic heterocycles. The van der Waals surface area contributed by atoms with Crippen molar-refractivity contribution in [1.29, 1.82) is 0 Å². The van der Waals surface area contributed by atoms with E-state index in [4.69, 9.17) is 10.9 Å². The van der Waals surface area contributed by atoms with Crippen molar-refractivity contribution in [1.82, 2.24) is 15.0 Å². The molecular formula is C14H17N5OS. The zero-order valence-electron chi connectivity index (χ0n) is 12.4. The molecule has 0 unspecified atom stereocenters.